The summed E-state index contributed by atoms with van der Waals surface area (Å²) < 4.78 is 22.7. The summed E-state index contributed by atoms with van der Waals surface area (Å²) in [6.45, 7) is 4.02. The minimum Gasteiger partial charge on any atom is -0.497 e. The van der Waals surface area contributed by atoms with Gasteiger partial charge in [-0.15, -0.1) is 35.3 Å². The molecule has 1 aromatic carbocycles. The maximum absolute atomic E-state index is 11.1. The largest absolute Gasteiger partial charge is 0.497 e. The lowest BCUT2D eigenvalue weighted by Gasteiger charge is -2.37. The lowest BCUT2D eigenvalue weighted by atomic mass is 10.1. The molecule has 2 rings (SSSR count). The molecule has 0 saturated carbocycles. The topological polar surface area (TPSA) is 57.2 Å². The van der Waals surface area contributed by atoms with Crippen molar-refractivity contribution < 1.29 is 24.1 Å². The summed E-state index contributed by atoms with van der Waals surface area (Å²) in [4.78, 5) is 0. The van der Waals surface area contributed by atoms with Crippen LogP contribution in [0.5, 0.6) is 11.5 Å². The van der Waals surface area contributed by atoms with Gasteiger partial charge in [-0.05, 0) is 56.9 Å². The van der Waals surface area contributed by atoms with E-state index in [1.807, 2.05) is 56.9 Å². The van der Waals surface area contributed by atoms with Gasteiger partial charge in [-0.1, -0.05) is 0 Å². The fraction of sp³-hybridized carbons (Fsp3) is 0.667. The lowest BCUT2D eigenvalue weighted by molar-refractivity contribution is -0.155. The van der Waals surface area contributed by atoms with E-state index in [0.29, 0.717) is 6.61 Å². The maximum Gasteiger partial charge on any atom is 0.164 e. The van der Waals surface area contributed by atoms with Crippen LogP contribution in [0.25, 0.3) is 0 Å². The predicted octanol–water partition coefficient (Wildman–Crippen LogP) is 3.70. The summed E-state index contributed by atoms with van der Waals surface area (Å²) in [5.41, 5.74) is 0. The smallest absolute Gasteiger partial charge is 0.164 e. The van der Waals surface area contributed by atoms with Crippen molar-refractivity contribution in [1.29, 1.82) is 0 Å². The molecule has 3 atom stereocenters. The molecular weight excluding hydrogens is 392 g/mol. The number of aliphatic hydroxyl groups is 1. The highest BCUT2D eigenvalue weighted by Gasteiger charge is 2.52. The number of hydrogen-bond donors (Lipinski definition) is 1. The van der Waals surface area contributed by atoms with Crippen molar-refractivity contribution in [2.24, 2.45) is 0 Å². The molecule has 1 saturated heterocycles. The molecule has 0 bridgehead atoms. The third-order valence-electron chi connectivity index (χ3n) is 4.22. The number of ether oxygens (including phenoxy) is 4. The standard InChI is InChI=1S/C18H28O5S3/c1-17(2)22-14(11-21-13-9-7-12(20-3)8-10-13)15(23-17)16(19)18(24-4,25-5)26-6/h7-10,14-16,19H,11H2,1-6H3/t14-,15+,16-/m0/s1. The minimum atomic E-state index is -0.763. The van der Waals surface area contributed by atoms with Gasteiger partial charge in [-0.3, -0.25) is 0 Å². The average Bonchev–Trinajstić information content (AvgIpc) is 2.96. The summed E-state index contributed by atoms with van der Waals surface area (Å²) in [5.74, 6) is 0.732. The Labute approximate surface area is 168 Å². The zero-order chi connectivity index (χ0) is 19.4. The monoisotopic (exact) mass is 420 g/mol. The fourth-order valence-corrected chi connectivity index (χ4v) is 6.05. The molecule has 148 valence electrons. The van der Waals surface area contributed by atoms with Crippen LogP contribution in [-0.2, 0) is 9.47 Å². The van der Waals surface area contributed by atoms with Crippen LogP contribution in [0.4, 0.5) is 0 Å². The van der Waals surface area contributed by atoms with E-state index in [1.165, 1.54) is 0 Å². The molecule has 0 aromatic heterocycles. The number of rotatable bonds is 9. The van der Waals surface area contributed by atoms with Gasteiger partial charge in [0.25, 0.3) is 0 Å². The van der Waals surface area contributed by atoms with Crippen molar-refractivity contribution in [3.63, 3.8) is 0 Å². The van der Waals surface area contributed by atoms with Crippen LogP contribution in [0, 0.1) is 0 Å². The van der Waals surface area contributed by atoms with E-state index in [2.05, 4.69) is 0 Å². The van der Waals surface area contributed by atoms with E-state index in [4.69, 9.17) is 18.9 Å². The average molecular weight is 421 g/mol. The number of aliphatic hydroxyl groups excluding tert-OH is 1. The van der Waals surface area contributed by atoms with Crippen LogP contribution in [-0.4, -0.2) is 65.1 Å². The number of methoxy groups -OCH3 is 1. The Bertz CT molecular complexity index is 554. The maximum atomic E-state index is 11.1. The highest BCUT2D eigenvalue weighted by Crippen LogP contribution is 2.49. The Hall–Kier alpha value is -0.250. The highest BCUT2D eigenvalue weighted by atomic mass is 32.3. The van der Waals surface area contributed by atoms with Gasteiger partial charge in [0.15, 0.2) is 5.79 Å². The van der Waals surface area contributed by atoms with Gasteiger partial charge in [0.2, 0.25) is 0 Å². The Morgan fingerprint density at radius 3 is 2.12 bits per heavy atom. The molecule has 1 heterocycles. The van der Waals surface area contributed by atoms with Crippen LogP contribution < -0.4 is 9.47 Å². The van der Waals surface area contributed by atoms with Crippen LogP contribution in [0.2, 0.25) is 0 Å². The molecule has 1 N–H and O–H groups in total. The van der Waals surface area contributed by atoms with E-state index in [9.17, 15) is 5.11 Å². The second-order valence-corrected chi connectivity index (χ2v) is 10.2. The summed E-state index contributed by atoms with van der Waals surface area (Å²) in [5, 5.41) is 11.1. The molecular formula is C18H28O5S3. The normalized spacial score (nSPS) is 23.7. The zero-order valence-corrected chi connectivity index (χ0v) is 18.5. The van der Waals surface area contributed by atoms with E-state index in [0.717, 1.165) is 11.5 Å². The number of benzene rings is 1. The van der Waals surface area contributed by atoms with E-state index in [1.54, 1.807) is 42.4 Å². The Balaban J connectivity index is 2.11. The molecule has 26 heavy (non-hydrogen) atoms. The molecule has 5 nitrogen and oxygen atoms in total. The van der Waals surface area contributed by atoms with Crippen LogP contribution in [0.3, 0.4) is 0 Å². The SMILES string of the molecule is COc1ccc(OC[C@@H]2OC(C)(C)O[C@H]2[C@H](O)C(SC)(SC)SC)cc1. The molecule has 0 aliphatic carbocycles. The molecule has 0 radical (unpaired) electrons. The molecule has 1 aliphatic rings. The van der Waals surface area contributed by atoms with Gasteiger partial charge in [-0.2, -0.15) is 0 Å². The van der Waals surface area contributed by atoms with Crippen molar-refractivity contribution in [2.75, 3.05) is 32.5 Å². The zero-order valence-electron chi connectivity index (χ0n) is 16.1. The predicted molar refractivity (Wildman–Crippen MR) is 112 cm³/mol. The Morgan fingerprint density at radius 2 is 1.62 bits per heavy atom. The molecule has 0 spiro atoms. The summed E-state index contributed by atoms with van der Waals surface area (Å²) in [7, 11) is 1.63. The van der Waals surface area contributed by atoms with Crippen molar-refractivity contribution in [3.8, 4) is 11.5 Å². The molecule has 0 amide bonds. The third kappa shape index (κ3) is 4.97. The van der Waals surface area contributed by atoms with Crippen molar-refractivity contribution >= 4 is 35.3 Å². The molecule has 1 aromatic rings. The van der Waals surface area contributed by atoms with Crippen LogP contribution in [0.1, 0.15) is 13.8 Å². The summed E-state index contributed by atoms with van der Waals surface area (Å²) >= 11 is 4.86. The summed E-state index contributed by atoms with van der Waals surface area (Å²) in [6.07, 6.45) is 4.44. The second-order valence-electron chi connectivity index (χ2n) is 6.29. The quantitative estimate of drug-likeness (QED) is 0.607. The molecule has 8 heteroatoms. The first-order valence-electron chi connectivity index (χ1n) is 8.27. The number of thioether (sulfide) groups is 3. The first-order chi connectivity index (χ1) is 12.3. The highest BCUT2D eigenvalue weighted by molar-refractivity contribution is 8.33. The minimum absolute atomic E-state index is 0.296. The van der Waals surface area contributed by atoms with Gasteiger partial charge >= 0.3 is 0 Å². The molecule has 0 unspecified atom stereocenters. The van der Waals surface area contributed by atoms with Gasteiger partial charge in [-0.25, -0.2) is 0 Å². The van der Waals surface area contributed by atoms with Gasteiger partial charge in [0, 0.05) is 0 Å². The Morgan fingerprint density at radius 1 is 1.08 bits per heavy atom. The van der Waals surface area contributed by atoms with Gasteiger partial charge in [0.1, 0.15) is 39.8 Å². The third-order valence-corrected chi connectivity index (χ3v) is 9.65. The van der Waals surface area contributed by atoms with E-state index in [-0.39, 0.29) is 6.10 Å². The van der Waals surface area contributed by atoms with Gasteiger partial charge < -0.3 is 24.1 Å². The van der Waals surface area contributed by atoms with Crippen molar-refractivity contribution in [3.05, 3.63) is 24.3 Å². The first-order valence-corrected chi connectivity index (χ1v) is 11.9. The van der Waals surface area contributed by atoms with Crippen molar-refractivity contribution in [2.45, 2.75) is 41.4 Å². The summed E-state index contributed by atoms with van der Waals surface area (Å²) in [6, 6.07) is 7.39. The fourth-order valence-electron chi connectivity index (χ4n) is 2.92. The second kappa shape index (κ2) is 9.30. The van der Waals surface area contributed by atoms with Crippen molar-refractivity contribution in [1.82, 2.24) is 0 Å². The van der Waals surface area contributed by atoms with E-state index >= 15 is 0 Å². The lowest BCUT2D eigenvalue weighted by Crippen LogP contribution is -2.48. The van der Waals surface area contributed by atoms with Crippen LogP contribution >= 0.6 is 35.3 Å². The molecule has 1 aliphatic heterocycles. The first kappa shape index (κ1) is 22.0. The number of hydrogen-bond acceptors (Lipinski definition) is 8. The Kier molecular flexibility index (Phi) is 7.88. The molecule has 1 fully saturated rings. The van der Waals surface area contributed by atoms with E-state index < -0.39 is 21.4 Å². The van der Waals surface area contributed by atoms with Crippen LogP contribution in [0.15, 0.2) is 24.3 Å². The van der Waals surface area contributed by atoms with Gasteiger partial charge in [0.05, 0.1) is 7.11 Å².